The highest BCUT2D eigenvalue weighted by Gasteiger charge is 2.34. The number of imide groups is 1. The van der Waals surface area contributed by atoms with Gasteiger partial charge in [0.1, 0.15) is 11.6 Å². The van der Waals surface area contributed by atoms with Crippen LogP contribution in [-0.2, 0) is 11.3 Å². The van der Waals surface area contributed by atoms with Gasteiger partial charge in [-0.25, -0.2) is 23.3 Å². The third kappa shape index (κ3) is 6.75. The summed E-state index contributed by atoms with van der Waals surface area (Å²) in [4.78, 5) is 37.9. The predicted octanol–water partition coefficient (Wildman–Crippen LogP) is 6.64. The average Bonchev–Trinajstić information content (AvgIpc) is 3.66. The molecule has 2 aromatic carbocycles. The number of methoxy groups -OCH3 is 1. The first-order valence-corrected chi connectivity index (χ1v) is 14.9. The van der Waals surface area contributed by atoms with Gasteiger partial charge in [0.05, 0.1) is 33.9 Å². The van der Waals surface area contributed by atoms with Crippen LogP contribution in [0.25, 0.3) is 20.8 Å². The number of thiophene rings is 1. The minimum Gasteiger partial charge on any atom is -0.453 e. The summed E-state index contributed by atoms with van der Waals surface area (Å²) in [5.74, 6) is -0.746. The first-order valence-electron chi connectivity index (χ1n) is 14.1. The largest absolute Gasteiger partial charge is 0.453 e. The van der Waals surface area contributed by atoms with E-state index in [1.165, 1.54) is 52.6 Å². The van der Waals surface area contributed by atoms with Gasteiger partial charge in [0.15, 0.2) is 11.6 Å². The third-order valence-corrected chi connectivity index (χ3v) is 8.22. The molecule has 4 amide bonds. The number of nitrogens with zero attached hydrogens (tertiary/aromatic N) is 4. The standard InChI is InChI=1S/C32H28F2N6O4S/c1-43-15-12-35-18-20-2-8-25(37-19-20)29-17-26-30(45-29)28(10-11-36-26)44-27-9-5-22(16-24(27)34)38-31(41)40-14-13-39(32(40)42)23-6-3-21(33)4-7-23/h2-11,16-17,19,35H,12-15,18H2,1H3,(H,38,41). The van der Waals surface area contributed by atoms with E-state index in [1.807, 2.05) is 24.4 Å². The van der Waals surface area contributed by atoms with Gasteiger partial charge in [-0.15, -0.1) is 11.3 Å². The van der Waals surface area contributed by atoms with Gasteiger partial charge in [0.25, 0.3) is 0 Å². The topological polar surface area (TPSA) is 109 Å². The van der Waals surface area contributed by atoms with Gasteiger partial charge in [-0.1, -0.05) is 6.07 Å². The number of halogens is 2. The molecule has 45 heavy (non-hydrogen) atoms. The van der Waals surface area contributed by atoms with E-state index in [9.17, 15) is 14.0 Å². The lowest BCUT2D eigenvalue weighted by Crippen LogP contribution is -2.39. The van der Waals surface area contributed by atoms with Gasteiger partial charge >= 0.3 is 12.1 Å². The van der Waals surface area contributed by atoms with E-state index < -0.39 is 23.7 Å². The number of benzene rings is 2. The molecule has 0 aliphatic carbocycles. The fourth-order valence-electron chi connectivity index (χ4n) is 4.76. The minimum atomic E-state index is -0.705. The highest BCUT2D eigenvalue weighted by Crippen LogP contribution is 2.39. The molecular formula is C32H28F2N6O4S. The number of hydrogen-bond donors (Lipinski definition) is 2. The van der Waals surface area contributed by atoms with Gasteiger partial charge in [0.2, 0.25) is 0 Å². The van der Waals surface area contributed by atoms with Crippen molar-refractivity contribution in [3.8, 4) is 22.1 Å². The maximum Gasteiger partial charge on any atom is 0.332 e. The van der Waals surface area contributed by atoms with Crippen molar-refractivity contribution in [3.05, 3.63) is 96.3 Å². The third-order valence-electron chi connectivity index (χ3n) is 7.06. The number of ether oxygens (including phenoxy) is 2. The van der Waals surface area contributed by atoms with E-state index in [4.69, 9.17) is 9.47 Å². The summed E-state index contributed by atoms with van der Waals surface area (Å²) >= 11 is 1.44. The zero-order valence-electron chi connectivity index (χ0n) is 24.1. The summed E-state index contributed by atoms with van der Waals surface area (Å²) in [6, 6.07) is 15.7. The Morgan fingerprint density at radius 1 is 1.00 bits per heavy atom. The summed E-state index contributed by atoms with van der Waals surface area (Å²) in [6.07, 6.45) is 3.41. The number of carbonyl (C=O) groups excluding carboxylic acids is 2. The summed E-state index contributed by atoms with van der Waals surface area (Å²) in [7, 11) is 1.66. The van der Waals surface area contributed by atoms with Gasteiger partial charge < -0.3 is 20.1 Å². The SMILES string of the molecule is COCCNCc1ccc(-c2cc3nccc(Oc4ccc(NC(=O)N5CCN(c6ccc(F)cc6)C5=O)cc4F)c3s2)nc1. The molecule has 1 fully saturated rings. The Bertz CT molecular complexity index is 1830. The van der Waals surface area contributed by atoms with Crippen molar-refractivity contribution < 1.29 is 27.8 Å². The van der Waals surface area contributed by atoms with E-state index in [0.717, 1.165) is 38.3 Å². The molecular weight excluding hydrogens is 602 g/mol. The van der Waals surface area contributed by atoms with Crippen molar-refractivity contribution in [1.29, 1.82) is 0 Å². The average molecular weight is 631 g/mol. The minimum absolute atomic E-state index is 0.0429. The molecule has 1 aliphatic rings. The molecule has 0 bridgehead atoms. The number of carbonyl (C=O) groups is 2. The van der Waals surface area contributed by atoms with Crippen LogP contribution in [0.3, 0.4) is 0 Å². The lowest BCUT2D eigenvalue weighted by atomic mass is 10.2. The van der Waals surface area contributed by atoms with Crippen molar-refractivity contribution in [2.24, 2.45) is 0 Å². The van der Waals surface area contributed by atoms with Crippen LogP contribution in [0.5, 0.6) is 11.5 Å². The van der Waals surface area contributed by atoms with Crippen molar-refractivity contribution >= 4 is 45.0 Å². The molecule has 0 spiro atoms. The first kappa shape index (κ1) is 30.1. The maximum atomic E-state index is 15.2. The molecule has 1 saturated heterocycles. The zero-order chi connectivity index (χ0) is 31.3. The fraction of sp³-hybridized carbons (Fsp3) is 0.188. The van der Waals surface area contributed by atoms with E-state index in [1.54, 1.807) is 19.4 Å². The second-order valence-corrected chi connectivity index (χ2v) is 11.1. The van der Waals surface area contributed by atoms with Crippen molar-refractivity contribution in [3.63, 3.8) is 0 Å². The predicted molar refractivity (Wildman–Crippen MR) is 168 cm³/mol. The van der Waals surface area contributed by atoms with Gasteiger partial charge in [-0.05, 0) is 54.1 Å². The lowest BCUT2D eigenvalue weighted by molar-refractivity contribution is 0.199. The van der Waals surface area contributed by atoms with Crippen molar-refractivity contribution in [2.45, 2.75) is 6.54 Å². The van der Waals surface area contributed by atoms with E-state index in [-0.39, 0.29) is 24.5 Å². The van der Waals surface area contributed by atoms with Crippen LogP contribution >= 0.6 is 11.3 Å². The molecule has 0 atom stereocenters. The van der Waals surface area contributed by atoms with Crippen LogP contribution in [0.1, 0.15) is 5.56 Å². The monoisotopic (exact) mass is 630 g/mol. The Morgan fingerprint density at radius 3 is 2.60 bits per heavy atom. The number of urea groups is 2. The zero-order valence-corrected chi connectivity index (χ0v) is 24.9. The lowest BCUT2D eigenvalue weighted by Gasteiger charge is -2.18. The van der Waals surface area contributed by atoms with Crippen LogP contribution in [0, 0.1) is 11.6 Å². The molecule has 10 nitrogen and oxygen atoms in total. The number of pyridine rings is 2. The number of rotatable bonds is 10. The highest BCUT2D eigenvalue weighted by molar-refractivity contribution is 7.22. The molecule has 0 unspecified atom stereocenters. The number of amides is 4. The number of aromatic nitrogens is 2. The van der Waals surface area contributed by atoms with Crippen molar-refractivity contribution in [2.75, 3.05) is 43.6 Å². The molecule has 0 saturated carbocycles. The summed E-state index contributed by atoms with van der Waals surface area (Å²) in [5, 5.41) is 5.85. The summed E-state index contributed by atoms with van der Waals surface area (Å²) < 4.78 is 40.2. The summed E-state index contributed by atoms with van der Waals surface area (Å²) in [6.45, 7) is 2.44. The first-order chi connectivity index (χ1) is 21.9. The second-order valence-electron chi connectivity index (χ2n) is 10.1. The van der Waals surface area contributed by atoms with E-state index in [0.29, 0.717) is 30.1 Å². The summed E-state index contributed by atoms with van der Waals surface area (Å²) in [5.41, 5.74) is 3.15. The molecule has 2 N–H and O–H groups in total. The highest BCUT2D eigenvalue weighted by atomic mass is 32.1. The Labute approximate surface area is 261 Å². The maximum absolute atomic E-state index is 15.2. The molecule has 230 valence electrons. The van der Waals surface area contributed by atoms with Crippen LogP contribution in [0.15, 0.2) is 79.1 Å². The second kappa shape index (κ2) is 13.3. The fourth-order valence-corrected chi connectivity index (χ4v) is 5.80. The number of nitrogens with one attached hydrogen (secondary N) is 2. The number of anilines is 2. The van der Waals surface area contributed by atoms with Crippen LogP contribution in [0.2, 0.25) is 0 Å². The number of hydrogen-bond acceptors (Lipinski definition) is 8. The Morgan fingerprint density at radius 2 is 1.84 bits per heavy atom. The van der Waals surface area contributed by atoms with Gasteiger partial charge in [0, 0.05) is 62.6 Å². The normalized spacial score (nSPS) is 13.1. The Balaban J connectivity index is 1.11. The van der Waals surface area contributed by atoms with Crippen LogP contribution in [-0.4, -0.2) is 60.3 Å². The quantitative estimate of drug-likeness (QED) is 0.167. The van der Waals surface area contributed by atoms with Crippen molar-refractivity contribution in [1.82, 2.24) is 20.2 Å². The Hall–Kier alpha value is -4.98. The Kier molecular flexibility index (Phi) is 8.91. The van der Waals surface area contributed by atoms with Gasteiger partial charge in [-0.3, -0.25) is 14.9 Å². The molecule has 5 aromatic rings. The molecule has 4 heterocycles. The molecule has 13 heteroatoms. The molecule has 6 rings (SSSR count). The van der Waals surface area contributed by atoms with Gasteiger partial charge in [-0.2, -0.15) is 0 Å². The smallest absolute Gasteiger partial charge is 0.332 e. The molecule has 3 aromatic heterocycles. The van der Waals surface area contributed by atoms with Crippen LogP contribution in [0.4, 0.5) is 29.7 Å². The van der Waals surface area contributed by atoms with Crippen LogP contribution < -0.4 is 20.3 Å². The molecule has 1 aliphatic heterocycles. The molecule has 0 radical (unpaired) electrons. The number of fused-ring (bicyclic) bond motifs is 1. The van der Waals surface area contributed by atoms with E-state index >= 15 is 4.39 Å². The van der Waals surface area contributed by atoms with E-state index in [2.05, 4.69) is 20.6 Å².